The first-order chi connectivity index (χ1) is 22.5. The number of amides is 2. The topological polar surface area (TPSA) is 175 Å². The molecule has 0 aliphatic carbocycles. The van der Waals surface area contributed by atoms with Gasteiger partial charge in [-0.15, -0.1) is 0 Å². The SMILES string of the molecule is CC(C)C(=O)OC[C@H]1O[C@@](C#N)(c2ccc3c(NC(=O)[C@H](Cc4ccc(F)cc4)NC(=O)OC(C)(C)C)ncnn23)[C@@H]2OC(C)(C)O[C@@H]21. The van der Waals surface area contributed by atoms with Gasteiger partial charge in [-0.05, 0) is 64.4 Å². The number of alkyl carbamates (subject to hydrolysis) is 1. The molecule has 2 aliphatic rings. The summed E-state index contributed by atoms with van der Waals surface area (Å²) < 4.78 is 44.4. The number of fused-ring (bicyclic) bond motifs is 2. The lowest BCUT2D eigenvalue weighted by Crippen LogP contribution is -2.47. The second-order valence-corrected chi connectivity index (χ2v) is 13.5. The largest absolute Gasteiger partial charge is 0.463 e. The predicted octanol–water partition coefficient (Wildman–Crippen LogP) is 3.78. The lowest BCUT2D eigenvalue weighted by atomic mass is 9.92. The van der Waals surface area contributed by atoms with Gasteiger partial charge >= 0.3 is 12.1 Å². The number of aromatic nitrogens is 3. The van der Waals surface area contributed by atoms with E-state index in [1.807, 2.05) is 0 Å². The molecule has 2 saturated heterocycles. The molecule has 256 valence electrons. The fourth-order valence-electron chi connectivity index (χ4n) is 5.59. The molecule has 15 heteroatoms. The van der Waals surface area contributed by atoms with Crippen molar-refractivity contribution >= 4 is 29.3 Å². The summed E-state index contributed by atoms with van der Waals surface area (Å²) in [5.74, 6) is -2.87. The number of benzene rings is 1. The van der Waals surface area contributed by atoms with Crippen molar-refractivity contribution in [1.29, 1.82) is 5.26 Å². The first kappa shape index (κ1) is 34.7. The van der Waals surface area contributed by atoms with Crippen LogP contribution < -0.4 is 10.6 Å². The number of hydrogen-bond donors (Lipinski definition) is 2. The zero-order valence-electron chi connectivity index (χ0n) is 27.8. The second kappa shape index (κ2) is 13.1. The fraction of sp³-hybridized carbons (Fsp3) is 0.515. The Hall–Kier alpha value is -4.65. The van der Waals surface area contributed by atoms with Crippen LogP contribution in [0.2, 0.25) is 0 Å². The Morgan fingerprint density at radius 3 is 2.46 bits per heavy atom. The minimum absolute atomic E-state index is 0.0172. The van der Waals surface area contributed by atoms with Crippen LogP contribution in [0.3, 0.4) is 0 Å². The molecule has 48 heavy (non-hydrogen) atoms. The number of halogens is 1. The standard InChI is InChI=1S/C33H39FN6O8/c1-18(2)29(42)44-15-23-25-26(47-32(6,7)46-25)33(16-35,45-23)24-13-12-22-27(36-17-37-40(22)24)39-28(41)21(38-30(43)48-31(3,4)5)14-19-8-10-20(34)11-9-19/h8-13,17-18,21,23,25-26H,14-15H2,1-7H3,(H,38,43)(H,36,37,39,41)/t21-,23+,25+,26+,33-/m0/s1. The Labute approximate surface area is 276 Å². The van der Waals surface area contributed by atoms with Crippen LogP contribution in [0.4, 0.5) is 15.0 Å². The van der Waals surface area contributed by atoms with Gasteiger partial charge in [-0.2, -0.15) is 10.4 Å². The molecule has 3 aromatic rings. The summed E-state index contributed by atoms with van der Waals surface area (Å²) in [5.41, 5.74) is -1.41. The van der Waals surface area contributed by atoms with E-state index in [0.29, 0.717) is 11.1 Å². The highest BCUT2D eigenvalue weighted by Gasteiger charge is 2.65. The average Bonchev–Trinajstić information content (AvgIpc) is 3.66. The Balaban J connectivity index is 1.45. The van der Waals surface area contributed by atoms with E-state index >= 15 is 0 Å². The fourth-order valence-corrected chi connectivity index (χ4v) is 5.59. The van der Waals surface area contributed by atoms with Crippen LogP contribution >= 0.6 is 0 Å². The van der Waals surface area contributed by atoms with Crippen LogP contribution in [-0.2, 0) is 45.3 Å². The molecular weight excluding hydrogens is 627 g/mol. The summed E-state index contributed by atoms with van der Waals surface area (Å²) in [6.45, 7) is 11.8. The van der Waals surface area contributed by atoms with Crippen LogP contribution in [0.25, 0.3) is 5.52 Å². The molecule has 0 bridgehead atoms. The van der Waals surface area contributed by atoms with Crippen LogP contribution in [-0.4, -0.2) is 74.9 Å². The number of anilines is 1. The van der Waals surface area contributed by atoms with E-state index in [4.69, 9.17) is 23.7 Å². The van der Waals surface area contributed by atoms with Crippen LogP contribution in [0.5, 0.6) is 0 Å². The van der Waals surface area contributed by atoms with Gasteiger partial charge in [-0.25, -0.2) is 18.7 Å². The maximum absolute atomic E-state index is 13.7. The minimum Gasteiger partial charge on any atom is -0.463 e. The highest BCUT2D eigenvalue weighted by Crippen LogP contribution is 2.49. The summed E-state index contributed by atoms with van der Waals surface area (Å²) in [6.07, 6.45) is -2.12. The highest BCUT2D eigenvalue weighted by molar-refractivity contribution is 5.98. The Morgan fingerprint density at radius 1 is 1.10 bits per heavy atom. The van der Waals surface area contributed by atoms with Crippen LogP contribution in [0.15, 0.2) is 42.7 Å². The van der Waals surface area contributed by atoms with Gasteiger partial charge in [0.25, 0.3) is 0 Å². The third-order valence-corrected chi connectivity index (χ3v) is 7.70. The second-order valence-electron chi connectivity index (χ2n) is 13.5. The number of hydrogen-bond acceptors (Lipinski definition) is 11. The van der Waals surface area contributed by atoms with E-state index in [9.17, 15) is 24.0 Å². The van der Waals surface area contributed by atoms with Crippen molar-refractivity contribution in [2.24, 2.45) is 5.92 Å². The number of nitrogens with zero attached hydrogens (tertiary/aromatic N) is 4. The third-order valence-electron chi connectivity index (χ3n) is 7.70. The van der Waals surface area contributed by atoms with Gasteiger partial charge in [0.05, 0.1) is 11.6 Å². The van der Waals surface area contributed by atoms with Crippen molar-refractivity contribution < 1.29 is 42.5 Å². The van der Waals surface area contributed by atoms with Gasteiger partial charge in [0.15, 0.2) is 11.6 Å². The van der Waals surface area contributed by atoms with E-state index in [2.05, 4.69) is 26.8 Å². The lowest BCUT2D eigenvalue weighted by Gasteiger charge is -2.29. The van der Waals surface area contributed by atoms with E-state index in [1.54, 1.807) is 60.6 Å². The van der Waals surface area contributed by atoms with Crippen molar-refractivity contribution in [3.05, 3.63) is 59.8 Å². The molecule has 2 fully saturated rings. The predicted molar refractivity (Wildman–Crippen MR) is 167 cm³/mol. The summed E-state index contributed by atoms with van der Waals surface area (Å²) in [4.78, 5) is 42.9. The molecule has 5 rings (SSSR count). The van der Waals surface area contributed by atoms with Crippen LogP contribution in [0.1, 0.15) is 59.7 Å². The molecule has 14 nitrogen and oxygen atoms in total. The van der Waals surface area contributed by atoms with Gasteiger partial charge < -0.3 is 34.3 Å². The van der Waals surface area contributed by atoms with Gasteiger partial charge in [0, 0.05) is 6.42 Å². The third kappa shape index (κ3) is 7.25. The van der Waals surface area contributed by atoms with E-state index in [-0.39, 0.29) is 30.5 Å². The highest BCUT2D eigenvalue weighted by atomic mass is 19.1. The lowest BCUT2D eigenvalue weighted by molar-refractivity contribution is -0.207. The number of nitriles is 1. The van der Waals surface area contributed by atoms with E-state index < -0.39 is 65.1 Å². The zero-order valence-corrected chi connectivity index (χ0v) is 27.8. The molecule has 5 atom stereocenters. The van der Waals surface area contributed by atoms with Crippen molar-refractivity contribution in [2.45, 2.75) is 96.2 Å². The number of esters is 1. The van der Waals surface area contributed by atoms with Crippen LogP contribution in [0, 0.1) is 23.1 Å². The van der Waals surface area contributed by atoms with Crippen molar-refractivity contribution in [2.75, 3.05) is 11.9 Å². The maximum atomic E-state index is 13.7. The van der Waals surface area contributed by atoms with Crippen molar-refractivity contribution in [3.8, 4) is 6.07 Å². The zero-order chi connectivity index (χ0) is 35.0. The molecule has 0 unspecified atom stereocenters. The number of ether oxygens (including phenoxy) is 5. The van der Waals surface area contributed by atoms with Gasteiger partial charge in [0.1, 0.15) is 60.3 Å². The van der Waals surface area contributed by atoms with Gasteiger partial charge in [-0.3, -0.25) is 9.59 Å². The molecule has 2 amide bonds. The molecular formula is C33H39FN6O8. The summed E-state index contributed by atoms with van der Waals surface area (Å²) in [5, 5.41) is 20.3. The number of carbonyl (C=O) groups excluding carboxylic acids is 3. The molecule has 2 aromatic heterocycles. The monoisotopic (exact) mass is 666 g/mol. The summed E-state index contributed by atoms with van der Waals surface area (Å²) in [6, 6.07) is 9.85. The summed E-state index contributed by atoms with van der Waals surface area (Å²) >= 11 is 0. The molecule has 2 N–H and O–H groups in total. The maximum Gasteiger partial charge on any atom is 0.408 e. The molecule has 0 spiro atoms. The minimum atomic E-state index is -1.75. The first-order valence-corrected chi connectivity index (χ1v) is 15.5. The van der Waals surface area contributed by atoms with Gasteiger partial charge in [-0.1, -0.05) is 26.0 Å². The Bertz CT molecular complexity index is 1730. The van der Waals surface area contributed by atoms with Crippen molar-refractivity contribution in [3.63, 3.8) is 0 Å². The van der Waals surface area contributed by atoms with E-state index in [0.717, 1.165) is 0 Å². The van der Waals surface area contributed by atoms with E-state index in [1.165, 1.54) is 35.1 Å². The Kier molecular flexibility index (Phi) is 9.46. The normalized spacial score (nSPS) is 23.7. The van der Waals surface area contributed by atoms with Crippen molar-refractivity contribution in [1.82, 2.24) is 19.9 Å². The molecule has 0 saturated carbocycles. The first-order valence-electron chi connectivity index (χ1n) is 15.5. The van der Waals surface area contributed by atoms with Gasteiger partial charge in [0.2, 0.25) is 11.5 Å². The average molecular weight is 667 g/mol. The quantitative estimate of drug-likeness (QED) is 0.318. The summed E-state index contributed by atoms with van der Waals surface area (Å²) in [7, 11) is 0. The number of carbonyl (C=O) groups is 3. The number of nitrogens with one attached hydrogen (secondary N) is 2. The molecule has 2 aliphatic heterocycles. The molecule has 1 aromatic carbocycles. The smallest absolute Gasteiger partial charge is 0.408 e. The molecule has 4 heterocycles. The molecule has 0 radical (unpaired) electrons. The number of rotatable bonds is 9. The Morgan fingerprint density at radius 2 is 1.81 bits per heavy atom.